The third-order valence-electron chi connectivity index (χ3n) is 5.65. The average molecular weight is 460 g/mol. The van der Waals surface area contributed by atoms with Gasteiger partial charge in [0.05, 0.1) is 23.0 Å². The maximum Gasteiger partial charge on any atom is 0.260 e. The van der Waals surface area contributed by atoms with Gasteiger partial charge in [0.2, 0.25) is 5.91 Å². The summed E-state index contributed by atoms with van der Waals surface area (Å²) in [6, 6.07) is 10.8. The minimum absolute atomic E-state index is 0.0473. The number of aliphatic hydroxyl groups excluding tert-OH is 1. The average Bonchev–Trinajstić information content (AvgIpc) is 3.06. The first-order chi connectivity index (χ1) is 16.3. The van der Waals surface area contributed by atoms with Gasteiger partial charge in [0, 0.05) is 18.5 Å². The lowest BCUT2D eigenvalue weighted by molar-refractivity contribution is -0.113. The molecule has 2 amide bonds. The number of nitrogens with two attached hydrogens (primary N) is 1. The number of hydrogen-bond acceptors (Lipinski definition) is 7. The number of hydrazone groups is 1. The van der Waals surface area contributed by atoms with E-state index in [0.717, 1.165) is 5.69 Å². The fourth-order valence-corrected chi connectivity index (χ4v) is 3.88. The predicted octanol–water partition coefficient (Wildman–Crippen LogP) is 2.70. The minimum Gasteiger partial charge on any atom is -0.505 e. The van der Waals surface area contributed by atoms with Crippen LogP contribution in [0.5, 0.6) is 5.75 Å². The second kappa shape index (κ2) is 9.63. The topological polar surface area (TPSA) is 140 Å². The number of benzene rings is 2. The highest BCUT2D eigenvalue weighted by Crippen LogP contribution is 2.38. The van der Waals surface area contributed by atoms with Crippen LogP contribution < -0.4 is 16.5 Å². The van der Waals surface area contributed by atoms with E-state index in [2.05, 4.69) is 15.8 Å². The number of nitrogens with one attached hydrogen (secondary N) is 2. The fraction of sp³-hybridized carbons (Fsp3) is 0.160. The van der Waals surface area contributed by atoms with Gasteiger partial charge in [0.25, 0.3) is 5.91 Å². The molecule has 3 aliphatic rings. The molecule has 9 heteroatoms. The number of rotatable bonds is 2. The number of primary amides is 1. The van der Waals surface area contributed by atoms with E-state index < -0.39 is 18.2 Å². The molecule has 0 radical (unpaired) electrons. The number of allylic oxidation sites excluding steroid dienone is 2. The molecule has 3 aliphatic heterocycles. The van der Waals surface area contributed by atoms with Gasteiger partial charge in [-0.25, -0.2) is 0 Å². The molecule has 0 saturated carbocycles. The Morgan fingerprint density at radius 1 is 1.26 bits per heavy atom. The number of hydrogen-bond donors (Lipinski definition) is 5. The van der Waals surface area contributed by atoms with Crippen LogP contribution in [0.3, 0.4) is 0 Å². The molecule has 0 aromatic heterocycles. The number of aryl methyl sites for hydroxylation is 1. The number of anilines is 2. The van der Waals surface area contributed by atoms with Crippen molar-refractivity contribution < 1.29 is 19.8 Å². The van der Waals surface area contributed by atoms with Crippen LogP contribution in [0, 0.1) is 6.92 Å². The van der Waals surface area contributed by atoms with Crippen LogP contribution in [0.15, 0.2) is 71.5 Å². The second-order valence-corrected chi connectivity index (χ2v) is 8.00. The van der Waals surface area contributed by atoms with Crippen molar-refractivity contribution in [2.75, 3.05) is 10.7 Å². The smallest absolute Gasteiger partial charge is 0.260 e. The zero-order valence-electron chi connectivity index (χ0n) is 18.5. The van der Waals surface area contributed by atoms with E-state index in [4.69, 9.17) is 5.73 Å². The number of fused-ring (bicyclic) bond motifs is 3. The van der Waals surface area contributed by atoms with E-state index in [0.29, 0.717) is 17.6 Å². The van der Waals surface area contributed by atoms with Gasteiger partial charge in [-0.15, -0.1) is 0 Å². The summed E-state index contributed by atoms with van der Waals surface area (Å²) in [4.78, 5) is 25.0. The summed E-state index contributed by atoms with van der Waals surface area (Å²) < 4.78 is 0. The lowest BCUT2D eigenvalue weighted by Crippen LogP contribution is -2.42. The number of aromatic hydroxyl groups is 1. The largest absolute Gasteiger partial charge is 0.505 e. The molecule has 9 nitrogen and oxygen atoms in total. The monoisotopic (exact) mass is 459 g/mol. The first-order valence-corrected chi connectivity index (χ1v) is 10.7. The van der Waals surface area contributed by atoms with E-state index in [1.165, 1.54) is 22.6 Å². The van der Waals surface area contributed by atoms with Crippen LogP contribution in [-0.4, -0.2) is 45.4 Å². The van der Waals surface area contributed by atoms with E-state index in [9.17, 15) is 19.8 Å². The first-order valence-electron chi connectivity index (χ1n) is 10.7. The van der Waals surface area contributed by atoms with Crippen LogP contribution in [0.4, 0.5) is 11.4 Å². The molecule has 34 heavy (non-hydrogen) atoms. The quantitative estimate of drug-likeness (QED) is 0.346. The van der Waals surface area contributed by atoms with Gasteiger partial charge in [-0.2, -0.15) is 5.10 Å². The molecule has 0 aliphatic carbocycles. The van der Waals surface area contributed by atoms with Gasteiger partial charge in [0.15, 0.2) is 0 Å². The number of aliphatic hydroxyl groups is 1. The number of nitrogens with zero attached hydrogens (tertiary/aromatic N) is 2. The summed E-state index contributed by atoms with van der Waals surface area (Å²) in [6.45, 7) is 1.72. The zero-order chi connectivity index (χ0) is 24.2. The Kier molecular flexibility index (Phi) is 6.46. The molecular formula is C25H25N5O4. The summed E-state index contributed by atoms with van der Waals surface area (Å²) in [7, 11) is 0. The number of carbonyl (C=O) groups is 2. The van der Waals surface area contributed by atoms with Gasteiger partial charge >= 0.3 is 0 Å². The normalized spacial score (nSPS) is 20.0. The van der Waals surface area contributed by atoms with Gasteiger partial charge in [-0.3, -0.25) is 15.0 Å². The predicted molar refractivity (Wildman–Crippen MR) is 131 cm³/mol. The summed E-state index contributed by atoms with van der Waals surface area (Å²) in [6.07, 6.45) is 9.33. The number of carbonyl (C=O) groups excluding carboxylic acids is 2. The van der Waals surface area contributed by atoms with Crippen molar-refractivity contribution in [1.82, 2.24) is 4.90 Å². The van der Waals surface area contributed by atoms with Crippen LogP contribution in [-0.2, 0) is 4.79 Å². The highest BCUT2D eigenvalue weighted by molar-refractivity contribution is 6.03. The van der Waals surface area contributed by atoms with Crippen LogP contribution in [0.1, 0.15) is 27.9 Å². The molecule has 174 valence electrons. The van der Waals surface area contributed by atoms with E-state index in [-0.39, 0.29) is 22.9 Å². The first kappa shape index (κ1) is 22.8. The second-order valence-electron chi connectivity index (χ2n) is 8.00. The van der Waals surface area contributed by atoms with Crippen molar-refractivity contribution in [2.24, 2.45) is 10.8 Å². The molecular weight excluding hydrogens is 434 g/mol. The summed E-state index contributed by atoms with van der Waals surface area (Å²) in [5, 5.41) is 27.3. The van der Waals surface area contributed by atoms with E-state index >= 15 is 0 Å². The highest BCUT2D eigenvalue weighted by atomic mass is 16.3. The number of phenols is 1. The Morgan fingerprint density at radius 3 is 2.85 bits per heavy atom. The summed E-state index contributed by atoms with van der Waals surface area (Å²) >= 11 is 0. The number of amides is 2. The minimum atomic E-state index is -1.05. The molecule has 2 aromatic rings. The highest BCUT2D eigenvalue weighted by Gasteiger charge is 2.39. The van der Waals surface area contributed by atoms with Gasteiger partial charge in [-0.05, 0) is 48.3 Å². The lowest BCUT2D eigenvalue weighted by atomic mass is 10.1. The van der Waals surface area contributed by atoms with Crippen LogP contribution in [0.25, 0.3) is 6.08 Å². The SMILES string of the molecule is C1=Cc2ccccc2NN=C1.Cc1ccc2c(c1O)NC(O)C1CC(/C=C/C(N)=O)=CN1C2=O. The maximum atomic E-state index is 12.7. The van der Waals surface area contributed by atoms with Crippen molar-refractivity contribution >= 4 is 35.5 Å². The molecule has 0 saturated heterocycles. The van der Waals surface area contributed by atoms with Crippen molar-refractivity contribution in [2.45, 2.75) is 25.6 Å². The van der Waals surface area contributed by atoms with Crippen molar-refractivity contribution in [3.05, 3.63) is 83.1 Å². The Morgan fingerprint density at radius 2 is 2.06 bits per heavy atom. The lowest BCUT2D eigenvalue weighted by Gasteiger charge is -2.24. The molecule has 0 spiro atoms. The Hall–Kier alpha value is -4.37. The molecule has 5 rings (SSSR count). The Bertz CT molecular complexity index is 1250. The van der Waals surface area contributed by atoms with E-state index in [1.54, 1.807) is 31.5 Å². The molecule has 2 unspecified atom stereocenters. The summed E-state index contributed by atoms with van der Waals surface area (Å²) in [5.41, 5.74) is 12.1. The van der Waals surface area contributed by atoms with Gasteiger partial charge in [-0.1, -0.05) is 36.4 Å². The number of phenolic OH excluding ortho intramolecular Hbond substituents is 1. The van der Waals surface area contributed by atoms with Crippen molar-refractivity contribution in [3.63, 3.8) is 0 Å². The Balaban J connectivity index is 0.000000207. The Labute approximate surface area is 196 Å². The summed E-state index contributed by atoms with van der Waals surface area (Å²) in [5.74, 6) is -0.954. The number of para-hydroxylation sites is 1. The molecule has 0 fully saturated rings. The van der Waals surface area contributed by atoms with Crippen LogP contribution >= 0.6 is 0 Å². The molecule has 0 bridgehead atoms. The molecule has 6 N–H and O–H groups in total. The van der Waals surface area contributed by atoms with E-state index in [1.807, 2.05) is 36.4 Å². The maximum absolute atomic E-state index is 12.7. The fourth-order valence-electron chi connectivity index (χ4n) is 3.88. The molecule has 2 atom stereocenters. The molecule has 2 aromatic carbocycles. The van der Waals surface area contributed by atoms with Gasteiger partial charge < -0.3 is 26.2 Å². The third-order valence-corrected chi connectivity index (χ3v) is 5.65. The molecule has 3 heterocycles. The zero-order valence-corrected chi connectivity index (χ0v) is 18.5. The standard InChI is InChI=1S/C16H17N3O4.C9H8N2/c1-8-2-4-10-13(14(8)21)18-15(22)11-6-9(3-5-12(17)20)7-19(11)16(10)23;1-2-6-9-8(4-1)5-3-7-10-11-9/h2-5,7,11,15,18,21-22H,6H2,1H3,(H2,17,20);1-7,11H/b5-3+;. The van der Waals surface area contributed by atoms with Crippen LogP contribution in [0.2, 0.25) is 0 Å². The van der Waals surface area contributed by atoms with Crippen molar-refractivity contribution in [1.29, 1.82) is 0 Å². The van der Waals surface area contributed by atoms with Crippen molar-refractivity contribution in [3.8, 4) is 5.75 Å². The van der Waals surface area contributed by atoms with Gasteiger partial charge in [0.1, 0.15) is 12.0 Å². The third kappa shape index (κ3) is 4.69.